The lowest BCUT2D eigenvalue weighted by Gasteiger charge is -2.13. The maximum atomic E-state index is 12.4. The van der Waals surface area contributed by atoms with Gasteiger partial charge in [0.25, 0.3) is 5.91 Å². The Morgan fingerprint density at radius 2 is 2.12 bits per heavy atom. The molecule has 1 N–H and O–H groups in total. The number of carbonyl (C=O) groups is 1. The first-order valence-corrected chi connectivity index (χ1v) is 9.65. The summed E-state index contributed by atoms with van der Waals surface area (Å²) in [5.41, 5.74) is 0. The highest BCUT2D eigenvalue weighted by atomic mass is 35.5. The van der Waals surface area contributed by atoms with E-state index in [1.54, 1.807) is 7.11 Å². The Balaban J connectivity index is 1.52. The summed E-state index contributed by atoms with van der Waals surface area (Å²) >= 11 is 7.82. The fraction of sp³-hybridized carbons (Fsp3) is 0.500. The van der Waals surface area contributed by atoms with Gasteiger partial charge in [0.1, 0.15) is 10.6 Å². The summed E-state index contributed by atoms with van der Waals surface area (Å²) in [6, 6.07) is 5.70. The molecule has 1 saturated heterocycles. The molecule has 24 heavy (non-hydrogen) atoms. The summed E-state index contributed by atoms with van der Waals surface area (Å²) < 4.78 is 6.22. The van der Waals surface area contributed by atoms with E-state index in [9.17, 15) is 4.79 Å². The zero-order valence-corrected chi connectivity index (χ0v) is 15.5. The highest BCUT2D eigenvalue weighted by molar-refractivity contribution is 7.21. The molecule has 2 aromatic rings. The number of nitrogens with zero attached hydrogens (tertiary/aromatic N) is 1. The van der Waals surface area contributed by atoms with Crippen molar-refractivity contribution in [1.82, 2.24) is 10.2 Å². The third-order valence-electron chi connectivity index (χ3n) is 4.43. The summed E-state index contributed by atoms with van der Waals surface area (Å²) in [6.07, 6.45) is 4.77. The number of likely N-dealkylation sites (tertiary alicyclic amines) is 1. The molecule has 4 nitrogen and oxygen atoms in total. The van der Waals surface area contributed by atoms with Gasteiger partial charge in [0, 0.05) is 16.6 Å². The second kappa shape index (κ2) is 8.19. The standard InChI is InChI=1S/C18H23ClN2O2S/c1-23-13-6-7-15-14(12-13)16(19)17(24-15)18(22)20-8-2-3-9-21-10-4-5-11-21/h6-7,12H,2-5,8-11H2,1H3,(H,20,22). The van der Waals surface area contributed by atoms with Crippen LogP contribution in [0.1, 0.15) is 35.4 Å². The van der Waals surface area contributed by atoms with Crippen molar-refractivity contribution in [3.8, 4) is 5.75 Å². The number of carbonyl (C=O) groups excluding carboxylic acids is 1. The quantitative estimate of drug-likeness (QED) is 0.748. The van der Waals surface area contributed by atoms with E-state index in [1.165, 1.54) is 37.3 Å². The molecule has 130 valence electrons. The van der Waals surface area contributed by atoms with E-state index in [0.717, 1.165) is 35.2 Å². The topological polar surface area (TPSA) is 41.6 Å². The second-order valence-electron chi connectivity index (χ2n) is 6.12. The van der Waals surface area contributed by atoms with Crippen LogP contribution in [0.3, 0.4) is 0 Å². The Morgan fingerprint density at radius 3 is 2.88 bits per heavy atom. The predicted octanol–water partition coefficient (Wildman–Crippen LogP) is 4.17. The normalized spacial score (nSPS) is 15.1. The minimum Gasteiger partial charge on any atom is -0.497 e. The van der Waals surface area contributed by atoms with Gasteiger partial charge < -0.3 is 15.0 Å². The van der Waals surface area contributed by atoms with Gasteiger partial charge in [-0.25, -0.2) is 0 Å². The average Bonchev–Trinajstić information content (AvgIpc) is 3.22. The summed E-state index contributed by atoms with van der Waals surface area (Å²) in [5, 5.41) is 4.38. The van der Waals surface area contributed by atoms with Crippen LogP contribution in [-0.2, 0) is 0 Å². The third kappa shape index (κ3) is 4.02. The van der Waals surface area contributed by atoms with Gasteiger partial charge in [0.15, 0.2) is 0 Å². The van der Waals surface area contributed by atoms with Gasteiger partial charge in [-0.3, -0.25) is 4.79 Å². The van der Waals surface area contributed by atoms with Crippen LogP contribution in [0.15, 0.2) is 18.2 Å². The fourth-order valence-electron chi connectivity index (χ4n) is 3.07. The fourth-order valence-corrected chi connectivity index (χ4v) is 4.47. The Morgan fingerprint density at radius 1 is 1.33 bits per heavy atom. The Hall–Kier alpha value is -1.30. The number of unbranched alkanes of at least 4 members (excludes halogenated alkanes) is 1. The number of thiophene rings is 1. The number of halogens is 1. The number of ether oxygens (including phenoxy) is 1. The molecule has 1 aliphatic heterocycles. The van der Waals surface area contributed by atoms with E-state index in [0.29, 0.717) is 16.4 Å². The Labute approximate surface area is 151 Å². The first-order valence-electron chi connectivity index (χ1n) is 8.45. The Bertz CT molecular complexity index is 710. The monoisotopic (exact) mass is 366 g/mol. The van der Waals surface area contributed by atoms with Crippen LogP contribution >= 0.6 is 22.9 Å². The first kappa shape index (κ1) is 17.5. The van der Waals surface area contributed by atoms with E-state index in [4.69, 9.17) is 16.3 Å². The molecule has 3 rings (SSSR count). The van der Waals surface area contributed by atoms with Gasteiger partial charge in [0.2, 0.25) is 0 Å². The van der Waals surface area contributed by atoms with Crippen LogP contribution in [0.2, 0.25) is 5.02 Å². The molecule has 0 radical (unpaired) electrons. The van der Waals surface area contributed by atoms with Gasteiger partial charge >= 0.3 is 0 Å². The van der Waals surface area contributed by atoms with Gasteiger partial charge in [0.05, 0.1) is 12.1 Å². The largest absolute Gasteiger partial charge is 0.497 e. The molecule has 0 bridgehead atoms. The molecule has 2 heterocycles. The SMILES string of the molecule is COc1ccc2sc(C(=O)NCCCCN3CCCC3)c(Cl)c2c1. The van der Waals surface area contributed by atoms with Crippen LogP contribution in [0.4, 0.5) is 0 Å². The minimum absolute atomic E-state index is 0.0821. The second-order valence-corrected chi connectivity index (χ2v) is 7.55. The molecule has 1 fully saturated rings. The number of nitrogens with one attached hydrogen (secondary N) is 1. The van der Waals surface area contributed by atoms with Crippen molar-refractivity contribution >= 4 is 38.9 Å². The first-order chi connectivity index (χ1) is 11.7. The summed E-state index contributed by atoms with van der Waals surface area (Å²) in [7, 11) is 1.62. The van der Waals surface area contributed by atoms with Crippen molar-refractivity contribution in [1.29, 1.82) is 0 Å². The lowest BCUT2D eigenvalue weighted by Crippen LogP contribution is -2.25. The van der Waals surface area contributed by atoms with E-state index in [1.807, 2.05) is 18.2 Å². The van der Waals surface area contributed by atoms with E-state index in [-0.39, 0.29) is 5.91 Å². The molecular weight excluding hydrogens is 344 g/mol. The van der Waals surface area contributed by atoms with Crippen molar-refractivity contribution in [2.45, 2.75) is 25.7 Å². The predicted molar refractivity (Wildman–Crippen MR) is 101 cm³/mol. The smallest absolute Gasteiger partial charge is 0.262 e. The average molecular weight is 367 g/mol. The minimum atomic E-state index is -0.0821. The number of rotatable bonds is 7. The summed E-state index contributed by atoms with van der Waals surface area (Å²) in [4.78, 5) is 15.5. The zero-order valence-electron chi connectivity index (χ0n) is 13.9. The van der Waals surface area contributed by atoms with E-state index >= 15 is 0 Å². The number of methoxy groups -OCH3 is 1. The third-order valence-corrected chi connectivity index (χ3v) is 6.10. The molecule has 1 amide bonds. The van der Waals surface area contributed by atoms with Gasteiger partial charge in [-0.15, -0.1) is 11.3 Å². The van der Waals surface area contributed by atoms with Crippen LogP contribution < -0.4 is 10.1 Å². The van der Waals surface area contributed by atoms with Crippen LogP contribution in [0, 0.1) is 0 Å². The number of fused-ring (bicyclic) bond motifs is 1. The van der Waals surface area contributed by atoms with Crippen molar-refractivity contribution < 1.29 is 9.53 Å². The number of benzene rings is 1. The molecular formula is C18H23ClN2O2S. The van der Waals surface area contributed by atoms with Gasteiger partial charge in [-0.1, -0.05) is 11.6 Å². The zero-order chi connectivity index (χ0) is 16.9. The van der Waals surface area contributed by atoms with E-state index in [2.05, 4.69) is 10.2 Å². The molecule has 1 aliphatic rings. The Kier molecular flexibility index (Phi) is 5.98. The maximum Gasteiger partial charge on any atom is 0.262 e. The van der Waals surface area contributed by atoms with Crippen molar-refractivity contribution in [3.05, 3.63) is 28.1 Å². The number of hydrogen-bond acceptors (Lipinski definition) is 4. The number of hydrogen-bond donors (Lipinski definition) is 1. The maximum absolute atomic E-state index is 12.4. The molecule has 1 aromatic carbocycles. The van der Waals surface area contributed by atoms with Crippen molar-refractivity contribution in [2.24, 2.45) is 0 Å². The molecule has 6 heteroatoms. The van der Waals surface area contributed by atoms with Crippen LogP contribution in [-0.4, -0.2) is 44.1 Å². The lowest BCUT2D eigenvalue weighted by molar-refractivity contribution is 0.0957. The number of amides is 1. The van der Waals surface area contributed by atoms with E-state index < -0.39 is 0 Å². The highest BCUT2D eigenvalue weighted by Gasteiger charge is 2.17. The summed E-state index contributed by atoms with van der Waals surface area (Å²) in [6.45, 7) is 4.29. The molecule has 0 aliphatic carbocycles. The summed E-state index contributed by atoms with van der Waals surface area (Å²) in [5.74, 6) is 0.664. The lowest BCUT2D eigenvalue weighted by atomic mass is 10.2. The van der Waals surface area contributed by atoms with Crippen LogP contribution in [0.5, 0.6) is 5.75 Å². The van der Waals surface area contributed by atoms with Crippen molar-refractivity contribution in [2.75, 3.05) is 33.3 Å². The van der Waals surface area contributed by atoms with Crippen molar-refractivity contribution in [3.63, 3.8) is 0 Å². The molecule has 0 unspecified atom stereocenters. The van der Waals surface area contributed by atoms with Gasteiger partial charge in [-0.2, -0.15) is 0 Å². The molecule has 0 atom stereocenters. The highest BCUT2D eigenvalue weighted by Crippen LogP contribution is 2.37. The molecule has 0 spiro atoms. The van der Waals surface area contributed by atoms with Gasteiger partial charge in [-0.05, 0) is 63.5 Å². The molecule has 0 saturated carbocycles. The van der Waals surface area contributed by atoms with Crippen LogP contribution in [0.25, 0.3) is 10.1 Å². The molecule has 1 aromatic heterocycles.